The van der Waals surface area contributed by atoms with Gasteiger partial charge in [-0.1, -0.05) is 6.07 Å². The van der Waals surface area contributed by atoms with E-state index in [9.17, 15) is 14.0 Å². The third kappa shape index (κ3) is 3.84. The molecule has 0 spiro atoms. The standard InChI is InChI=1S/C13H16FNO3/c1-3-15(9-12(16)18-4-2)13(17)10-6-5-7-11(14)8-10/h5-8H,3-4,9H2,1-2H3. The maximum atomic E-state index is 13.0. The molecule has 0 bridgehead atoms. The number of ether oxygens (including phenoxy) is 1. The summed E-state index contributed by atoms with van der Waals surface area (Å²) in [6.07, 6.45) is 0. The molecule has 4 nitrogen and oxygen atoms in total. The molecular formula is C13H16FNO3. The van der Waals surface area contributed by atoms with Crippen molar-refractivity contribution in [3.63, 3.8) is 0 Å². The Kier molecular flexibility index (Phi) is 5.30. The maximum absolute atomic E-state index is 13.0. The first-order valence-corrected chi connectivity index (χ1v) is 5.79. The summed E-state index contributed by atoms with van der Waals surface area (Å²) in [5, 5.41) is 0. The van der Waals surface area contributed by atoms with Crippen molar-refractivity contribution < 1.29 is 18.7 Å². The van der Waals surface area contributed by atoms with Crippen LogP contribution in [0.1, 0.15) is 24.2 Å². The van der Waals surface area contributed by atoms with Crippen molar-refractivity contribution in [2.24, 2.45) is 0 Å². The van der Waals surface area contributed by atoms with Crippen molar-refractivity contribution in [1.29, 1.82) is 0 Å². The molecule has 1 aromatic rings. The fraction of sp³-hybridized carbons (Fsp3) is 0.385. The molecule has 0 fully saturated rings. The van der Waals surface area contributed by atoms with Gasteiger partial charge in [0.25, 0.3) is 5.91 Å². The number of hydrogen-bond donors (Lipinski definition) is 0. The first-order chi connectivity index (χ1) is 8.58. The number of amides is 1. The molecule has 98 valence electrons. The van der Waals surface area contributed by atoms with E-state index in [0.29, 0.717) is 6.54 Å². The molecule has 1 amide bonds. The van der Waals surface area contributed by atoms with E-state index >= 15 is 0 Å². The Hall–Kier alpha value is -1.91. The number of esters is 1. The van der Waals surface area contributed by atoms with Gasteiger partial charge in [-0.05, 0) is 32.0 Å². The number of nitrogens with zero attached hydrogens (tertiary/aromatic N) is 1. The van der Waals surface area contributed by atoms with Crippen LogP contribution in [-0.4, -0.2) is 36.5 Å². The van der Waals surface area contributed by atoms with E-state index in [2.05, 4.69) is 0 Å². The van der Waals surface area contributed by atoms with Crippen molar-refractivity contribution in [2.75, 3.05) is 19.7 Å². The van der Waals surface area contributed by atoms with Crippen LogP contribution in [-0.2, 0) is 9.53 Å². The zero-order chi connectivity index (χ0) is 13.5. The van der Waals surface area contributed by atoms with Crippen molar-refractivity contribution in [1.82, 2.24) is 4.90 Å². The van der Waals surface area contributed by atoms with Gasteiger partial charge in [0.2, 0.25) is 0 Å². The highest BCUT2D eigenvalue weighted by Crippen LogP contribution is 2.07. The Bertz CT molecular complexity index is 434. The fourth-order valence-corrected chi connectivity index (χ4v) is 1.49. The number of carbonyl (C=O) groups excluding carboxylic acids is 2. The molecule has 0 heterocycles. The smallest absolute Gasteiger partial charge is 0.325 e. The fourth-order valence-electron chi connectivity index (χ4n) is 1.49. The minimum Gasteiger partial charge on any atom is -0.465 e. The average molecular weight is 253 g/mol. The van der Waals surface area contributed by atoms with Crippen LogP contribution < -0.4 is 0 Å². The Morgan fingerprint density at radius 2 is 2.06 bits per heavy atom. The molecule has 0 aliphatic rings. The first-order valence-electron chi connectivity index (χ1n) is 5.79. The van der Waals surface area contributed by atoms with Crippen LogP contribution in [0.4, 0.5) is 4.39 Å². The molecule has 0 saturated heterocycles. The topological polar surface area (TPSA) is 46.6 Å². The van der Waals surface area contributed by atoms with Crippen LogP contribution in [0.2, 0.25) is 0 Å². The second-order valence-corrected chi connectivity index (χ2v) is 3.63. The molecule has 1 rings (SSSR count). The monoisotopic (exact) mass is 253 g/mol. The highest BCUT2D eigenvalue weighted by Gasteiger charge is 2.18. The zero-order valence-electron chi connectivity index (χ0n) is 10.5. The molecule has 0 aliphatic carbocycles. The van der Waals surface area contributed by atoms with E-state index in [1.54, 1.807) is 13.8 Å². The van der Waals surface area contributed by atoms with Crippen molar-refractivity contribution in [3.05, 3.63) is 35.6 Å². The highest BCUT2D eigenvalue weighted by molar-refractivity contribution is 5.95. The van der Waals surface area contributed by atoms with Crippen LogP contribution in [0.5, 0.6) is 0 Å². The van der Waals surface area contributed by atoms with Crippen LogP contribution >= 0.6 is 0 Å². The Morgan fingerprint density at radius 3 is 2.61 bits per heavy atom. The molecule has 5 heteroatoms. The van der Waals surface area contributed by atoms with Crippen molar-refractivity contribution in [2.45, 2.75) is 13.8 Å². The summed E-state index contributed by atoms with van der Waals surface area (Å²) < 4.78 is 17.8. The lowest BCUT2D eigenvalue weighted by molar-refractivity contribution is -0.143. The van der Waals surface area contributed by atoms with E-state index < -0.39 is 11.8 Å². The predicted molar refractivity (Wildman–Crippen MR) is 64.6 cm³/mol. The number of benzene rings is 1. The van der Waals surface area contributed by atoms with Crippen LogP contribution in [0, 0.1) is 5.82 Å². The van der Waals surface area contributed by atoms with Gasteiger partial charge in [0.05, 0.1) is 6.61 Å². The summed E-state index contributed by atoms with van der Waals surface area (Å²) in [7, 11) is 0. The first kappa shape index (κ1) is 14.2. The summed E-state index contributed by atoms with van der Waals surface area (Å²) >= 11 is 0. The Morgan fingerprint density at radius 1 is 1.33 bits per heavy atom. The Balaban J connectivity index is 2.76. The molecule has 1 aromatic carbocycles. The molecule has 0 aliphatic heterocycles. The van der Waals surface area contributed by atoms with E-state index in [1.807, 2.05) is 0 Å². The number of hydrogen-bond acceptors (Lipinski definition) is 3. The third-order valence-electron chi connectivity index (χ3n) is 2.37. The SMILES string of the molecule is CCOC(=O)CN(CC)C(=O)c1cccc(F)c1. The summed E-state index contributed by atoms with van der Waals surface area (Å²) in [5.74, 6) is -1.33. The van der Waals surface area contributed by atoms with Gasteiger partial charge in [0, 0.05) is 12.1 Å². The molecule has 0 N–H and O–H groups in total. The summed E-state index contributed by atoms with van der Waals surface area (Å²) in [6.45, 7) is 3.94. The lowest BCUT2D eigenvalue weighted by atomic mass is 10.2. The molecule has 0 radical (unpaired) electrons. The lowest BCUT2D eigenvalue weighted by Crippen LogP contribution is -2.36. The molecule has 0 unspecified atom stereocenters. The number of likely N-dealkylation sites (N-methyl/N-ethyl adjacent to an activating group) is 1. The van der Waals surface area contributed by atoms with E-state index in [-0.39, 0.29) is 24.6 Å². The van der Waals surface area contributed by atoms with E-state index in [4.69, 9.17) is 4.74 Å². The highest BCUT2D eigenvalue weighted by atomic mass is 19.1. The second kappa shape index (κ2) is 6.74. The number of rotatable bonds is 5. The summed E-state index contributed by atoms with van der Waals surface area (Å²) in [5.41, 5.74) is 0.223. The lowest BCUT2D eigenvalue weighted by Gasteiger charge is -2.19. The normalized spacial score (nSPS) is 9.94. The quantitative estimate of drug-likeness (QED) is 0.752. The van der Waals surface area contributed by atoms with E-state index in [1.165, 1.54) is 23.1 Å². The van der Waals surface area contributed by atoms with Gasteiger partial charge in [-0.3, -0.25) is 9.59 Å². The third-order valence-corrected chi connectivity index (χ3v) is 2.37. The zero-order valence-corrected chi connectivity index (χ0v) is 10.5. The summed E-state index contributed by atoms with van der Waals surface area (Å²) in [4.78, 5) is 24.7. The molecule has 0 atom stereocenters. The van der Waals surface area contributed by atoms with Gasteiger partial charge < -0.3 is 9.64 Å². The molecule has 0 aromatic heterocycles. The second-order valence-electron chi connectivity index (χ2n) is 3.63. The number of carbonyl (C=O) groups is 2. The maximum Gasteiger partial charge on any atom is 0.325 e. The van der Waals surface area contributed by atoms with Crippen molar-refractivity contribution in [3.8, 4) is 0 Å². The average Bonchev–Trinajstić information content (AvgIpc) is 2.35. The van der Waals surface area contributed by atoms with Crippen molar-refractivity contribution >= 4 is 11.9 Å². The number of halogens is 1. The molecule has 0 saturated carbocycles. The molecule has 18 heavy (non-hydrogen) atoms. The molecular weight excluding hydrogens is 237 g/mol. The van der Waals surface area contributed by atoms with Gasteiger partial charge in [0.15, 0.2) is 0 Å². The van der Waals surface area contributed by atoms with Gasteiger partial charge in [0.1, 0.15) is 12.4 Å². The minimum atomic E-state index is -0.479. The van der Waals surface area contributed by atoms with Gasteiger partial charge in [-0.2, -0.15) is 0 Å². The van der Waals surface area contributed by atoms with Gasteiger partial charge >= 0.3 is 5.97 Å². The largest absolute Gasteiger partial charge is 0.465 e. The van der Waals surface area contributed by atoms with Gasteiger partial charge in [-0.25, -0.2) is 4.39 Å². The Labute approximate surface area is 105 Å². The van der Waals surface area contributed by atoms with Crippen LogP contribution in [0.3, 0.4) is 0 Å². The summed E-state index contributed by atoms with van der Waals surface area (Å²) in [6, 6.07) is 5.38. The van der Waals surface area contributed by atoms with E-state index in [0.717, 1.165) is 6.07 Å². The van der Waals surface area contributed by atoms with Gasteiger partial charge in [-0.15, -0.1) is 0 Å². The predicted octanol–water partition coefficient (Wildman–Crippen LogP) is 1.85. The van der Waals surface area contributed by atoms with Crippen LogP contribution in [0.15, 0.2) is 24.3 Å². The minimum absolute atomic E-state index is 0.125. The van der Waals surface area contributed by atoms with Crippen LogP contribution in [0.25, 0.3) is 0 Å².